The second-order valence-corrected chi connectivity index (χ2v) is 3.71. The van der Waals surface area contributed by atoms with E-state index in [9.17, 15) is 10.1 Å². The molecule has 4 nitrogen and oxygen atoms in total. The molecule has 4 heteroatoms. The maximum atomic E-state index is 11.9. The molecule has 0 fully saturated rings. The van der Waals surface area contributed by atoms with Crippen molar-refractivity contribution in [3.63, 3.8) is 0 Å². The summed E-state index contributed by atoms with van der Waals surface area (Å²) in [6.45, 7) is 6.91. The van der Waals surface area contributed by atoms with Crippen molar-refractivity contribution in [2.24, 2.45) is 0 Å². The minimum atomic E-state index is 0.371. The summed E-state index contributed by atoms with van der Waals surface area (Å²) < 4.78 is 1.57. The first-order valence-electron chi connectivity index (χ1n) is 4.94. The average molecular weight is 216 g/mol. The lowest BCUT2D eigenvalue weighted by atomic mass is 10.2. The van der Waals surface area contributed by atoms with Crippen LogP contribution in [0.5, 0.6) is 0 Å². The third-order valence-corrected chi connectivity index (χ3v) is 2.81. The highest BCUT2D eigenvalue weighted by atomic mass is 16.5. The monoisotopic (exact) mass is 216 g/mol. The van der Waals surface area contributed by atoms with Crippen molar-refractivity contribution >= 4 is 17.1 Å². The maximum Gasteiger partial charge on any atom is 0.286 e. The van der Waals surface area contributed by atoms with Crippen molar-refractivity contribution in [1.29, 1.82) is 0 Å². The first-order valence-corrected chi connectivity index (χ1v) is 4.94. The summed E-state index contributed by atoms with van der Waals surface area (Å²) in [5.74, 6) is 0. The van der Waals surface area contributed by atoms with Gasteiger partial charge in [-0.15, -0.1) is 0 Å². The van der Waals surface area contributed by atoms with Crippen molar-refractivity contribution < 1.29 is 4.43 Å². The van der Waals surface area contributed by atoms with E-state index in [1.807, 2.05) is 0 Å². The highest BCUT2D eigenvalue weighted by Gasteiger charge is 2.15. The van der Waals surface area contributed by atoms with Gasteiger partial charge >= 0.3 is 0 Å². The fourth-order valence-electron chi connectivity index (χ4n) is 1.66. The van der Waals surface area contributed by atoms with Crippen LogP contribution in [0, 0.1) is 24.0 Å². The van der Waals surface area contributed by atoms with E-state index >= 15 is 0 Å². The zero-order valence-electron chi connectivity index (χ0n) is 9.23. The lowest BCUT2D eigenvalue weighted by Gasteiger charge is -2.15. The lowest BCUT2D eigenvalue weighted by molar-refractivity contribution is -0.473. The van der Waals surface area contributed by atoms with Crippen molar-refractivity contribution in [3.8, 4) is 0 Å². The minimum Gasteiger partial charge on any atom is -0.805 e. The zero-order chi connectivity index (χ0) is 11.9. The van der Waals surface area contributed by atoms with Crippen LogP contribution in [0.2, 0.25) is 0 Å². The molecule has 0 amide bonds. The maximum absolute atomic E-state index is 11.9. The van der Waals surface area contributed by atoms with Crippen LogP contribution >= 0.6 is 0 Å². The van der Waals surface area contributed by atoms with E-state index in [0.717, 1.165) is 14.7 Å². The van der Waals surface area contributed by atoms with Gasteiger partial charge in [0, 0.05) is 17.9 Å². The Morgan fingerprint density at radius 3 is 2.75 bits per heavy atom. The topological polar surface area (TPSA) is 51.0 Å². The van der Waals surface area contributed by atoms with Crippen LogP contribution in [-0.4, -0.2) is 4.73 Å². The molecule has 2 rings (SSSR count). The van der Waals surface area contributed by atoms with Gasteiger partial charge in [0.25, 0.3) is 11.2 Å². The molecule has 82 valence electrons. The normalized spacial score (nSPS) is 10.6. The third-order valence-electron chi connectivity index (χ3n) is 2.81. The van der Waals surface area contributed by atoms with Gasteiger partial charge in [-0.1, -0.05) is 12.7 Å². The Labute approximate surface area is 92.6 Å². The molecule has 0 saturated carbocycles. The molecule has 0 radical (unpaired) electrons. The molecule has 16 heavy (non-hydrogen) atoms. The Morgan fingerprint density at radius 2 is 2.12 bits per heavy atom. The number of hydrogen-bond acceptors (Lipinski definition) is 2. The highest BCUT2D eigenvalue weighted by Crippen LogP contribution is 2.15. The minimum absolute atomic E-state index is 0.371. The SMILES string of the molecule is C=Cc1ccc2c(c1)n([O-])c(C)c(C)[n+]2=O. The van der Waals surface area contributed by atoms with E-state index in [4.69, 9.17) is 0 Å². The van der Waals surface area contributed by atoms with Gasteiger partial charge in [-0.05, 0) is 24.6 Å². The predicted molar refractivity (Wildman–Crippen MR) is 63.6 cm³/mol. The summed E-state index contributed by atoms with van der Waals surface area (Å²) in [6.07, 6.45) is 1.64. The van der Waals surface area contributed by atoms with Crippen LogP contribution in [0.15, 0.2) is 24.8 Å². The predicted octanol–water partition coefficient (Wildman–Crippen LogP) is 2.16. The van der Waals surface area contributed by atoms with E-state index in [1.165, 1.54) is 0 Å². The lowest BCUT2D eigenvalue weighted by Crippen LogP contribution is -2.24. The molecule has 0 N–H and O–H groups in total. The van der Waals surface area contributed by atoms with Gasteiger partial charge < -0.3 is 9.94 Å². The van der Waals surface area contributed by atoms with Crippen LogP contribution in [-0.2, 0) is 0 Å². The van der Waals surface area contributed by atoms with E-state index < -0.39 is 0 Å². The molecule has 0 aliphatic carbocycles. The number of fused-ring (bicyclic) bond motifs is 1. The number of aromatic nitrogens is 2. The molecule has 0 saturated heterocycles. The fourth-order valence-corrected chi connectivity index (χ4v) is 1.66. The molecule has 0 aliphatic heterocycles. The first-order chi connectivity index (χ1) is 7.56. The van der Waals surface area contributed by atoms with Crippen LogP contribution in [0.25, 0.3) is 17.1 Å². The first kappa shape index (κ1) is 10.4. The Morgan fingerprint density at radius 1 is 1.44 bits per heavy atom. The second-order valence-electron chi connectivity index (χ2n) is 3.71. The number of nitrogens with zero attached hydrogens (tertiary/aromatic N) is 2. The molecule has 0 aliphatic rings. The highest BCUT2D eigenvalue weighted by molar-refractivity contribution is 5.75. The molecule has 0 unspecified atom stereocenters. The summed E-state index contributed by atoms with van der Waals surface area (Å²) >= 11 is 0. The standard InChI is InChI=1S/C12H12N2O2/c1-4-10-5-6-11-12(7-10)14(16)9(3)8(2)13(11)15/h4-7H,1H2,2-3H3. The smallest absolute Gasteiger partial charge is 0.286 e. The summed E-state index contributed by atoms with van der Waals surface area (Å²) in [4.78, 5) is 11.8. The number of hydrogen-bond donors (Lipinski definition) is 0. The van der Waals surface area contributed by atoms with Crippen LogP contribution in [0.3, 0.4) is 0 Å². The Bertz CT molecular complexity index is 641. The summed E-state index contributed by atoms with van der Waals surface area (Å²) in [6, 6.07) is 5.06. The largest absolute Gasteiger partial charge is 0.805 e. The van der Waals surface area contributed by atoms with Gasteiger partial charge in [-0.25, -0.2) is 0 Å². The van der Waals surface area contributed by atoms with Gasteiger partial charge in [-0.2, -0.15) is 0 Å². The van der Waals surface area contributed by atoms with E-state index in [0.29, 0.717) is 22.4 Å². The van der Waals surface area contributed by atoms with Gasteiger partial charge in [-0.3, -0.25) is 0 Å². The van der Waals surface area contributed by atoms with E-state index in [2.05, 4.69) is 6.58 Å². The van der Waals surface area contributed by atoms with Crippen LogP contribution < -0.4 is 4.43 Å². The molecular weight excluding hydrogens is 204 g/mol. The number of rotatable bonds is 1. The van der Waals surface area contributed by atoms with Crippen LogP contribution in [0.1, 0.15) is 17.0 Å². The summed E-state index contributed by atoms with van der Waals surface area (Å²) in [7, 11) is 0. The molecule has 0 spiro atoms. The molecule has 1 aromatic carbocycles. The zero-order valence-corrected chi connectivity index (χ0v) is 9.23. The van der Waals surface area contributed by atoms with Gasteiger partial charge in [0.15, 0.2) is 0 Å². The molecule has 1 aromatic heterocycles. The number of benzene rings is 1. The fraction of sp³-hybridized carbons (Fsp3) is 0.167. The van der Waals surface area contributed by atoms with Crippen molar-refractivity contribution in [2.75, 3.05) is 0 Å². The Balaban J connectivity index is 3.02. The Kier molecular flexibility index (Phi) is 2.27. The van der Waals surface area contributed by atoms with Gasteiger partial charge in [0.2, 0.25) is 0 Å². The van der Waals surface area contributed by atoms with Crippen LogP contribution in [0.4, 0.5) is 0 Å². The molecular formula is C12H12N2O2. The molecule has 0 bridgehead atoms. The van der Waals surface area contributed by atoms with Crippen molar-refractivity contribution in [1.82, 2.24) is 4.73 Å². The van der Waals surface area contributed by atoms with Gasteiger partial charge in [0.1, 0.15) is 5.52 Å². The molecule has 2 aromatic rings. The molecule has 1 heterocycles. The Hall–Kier alpha value is -2.10. The molecule has 0 atom stereocenters. The van der Waals surface area contributed by atoms with Gasteiger partial charge in [0.05, 0.1) is 10.1 Å². The van der Waals surface area contributed by atoms with Crippen molar-refractivity contribution in [2.45, 2.75) is 13.8 Å². The third kappa shape index (κ3) is 1.31. The quantitative estimate of drug-likeness (QED) is 0.686. The van der Waals surface area contributed by atoms with Crippen molar-refractivity contribution in [3.05, 3.63) is 51.8 Å². The summed E-state index contributed by atoms with van der Waals surface area (Å²) in [5, 5.41) is 11.9. The summed E-state index contributed by atoms with van der Waals surface area (Å²) in [5.41, 5.74) is 2.41. The second kappa shape index (κ2) is 3.48. The average Bonchev–Trinajstić information content (AvgIpc) is 2.33. The van der Waals surface area contributed by atoms with E-state index in [-0.39, 0.29) is 0 Å². The van der Waals surface area contributed by atoms with E-state index in [1.54, 1.807) is 38.1 Å².